The lowest BCUT2D eigenvalue weighted by Crippen LogP contribution is -2.25. The normalized spacial score (nSPS) is 10.3. The Hall–Kier alpha value is -4.69. The predicted octanol–water partition coefficient (Wildman–Crippen LogP) is 7.54. The molecule has 0 saturated carbocycles. The van der Waals surface area contributed by atoms with E-state index < -0.39 is 5.41 Å². The third-order valence-electron chi connectivity index (χ3n) is 7.14. The van der Waals surface area contributed by atoms with Gasteiger partial charge in [-0.2, -0.15) is 0 Å². The molecular weight excluding hydrogens is 522 g/mol. The molecule has 0 aliphatic heterocycles. The second-order valence-electron chi connectivity index (χ2n) is 9.56. The molecule has 0 aliphatic carbocycles. The lowest BCUT2D eigenvalue weighted by Gasteiger charge is -2.32. The Morgan fingerprint density at radius 2 is 1.29 bits per heavy atom. The molecule has 4 aromatic rings. The van der Waals surface area contributed by atoms with Crippen molar-refractivity contribution < 1.29 is 19.0 Å². The van der Waals surface area contributed by atoms with Gasteiger partial charge in [-0.1, -0.05) is 86.4 Å². The van der Waals surface area contributed by atoms with Gasteiger partial charge in [0.05, 0.1) is 26.9 Å². The smallest absolute Gasteiger partial charge is 0.221 e. The highest BCUT2D eigenvalue weighted by atomic mass is 16.5. The van der Waals surface area contributed by atoms with Crippen LogP contribution in [0.25, 0.3) is 0 Å². The molecule has 0 heterocycles. The van der Waals surface area contributed by atoms with Crippen LogP contribution in [-0.4, -0.2) is 27.2 Å². The van der Waals surface area contributed by atoms with Gasteiger partial charge in [0, 0.05) is 24.8 Å². The van der Waals surface area contributed by atoms with E-state index in [0.717, 1.165) is 39.3 Å². The van der Waals surface area contributed by atoms with E-state index in [9.17, 15) is 4.79 Å². The molecule has 0 unspecified atom stereocenters. The number of ether oxygens (including phenoxy) is 3. The molecule has 218 valence electrons. The van der Waals surface area contributed by atoms with E-state index in [1.165, 1.54) is 0 Å². The van der Waals surface area contributed by atoms with Gasteiger partial charge < -0.3 is 19.5 Å². The summed E-state index contributed by atoms with van der Waals surface area (Å²) in [7, 11) is 4.97. The molecule has 0 bridgehead atoms. The number of carbonyl (C=O) groups is 1. The highest BCUT2D eigenvalue weighted by Gasteiger charge is 2.32. The third-order valence-corrected chi connectivity index (χ3v) is 7.14. The van der Waals surface area contributed by atoms with Crippen molar-refractivity contribution in [2.75, 3.05) is 21.3 Å². The van der Waals surface area contributed by atoms with Crippen molar-refractivity contribution in [1.82, 2.24) is 5.32 Å². The van der Waals surface area contributed by atoms with Gasteiger partial charge in [0.15, 0.2) is 0 Å². The second kappa shape index (κ2) is 15.9. The van der Waals surface area contributed by atoms with Crippen LogP contribution in [0.15, 0.2) is 97.1 Å². The van der Waals surface area contributed by atoms with Crippen molar-refractivity contribution in [3.63, 3.8) is 0 Å². The fraction of sp³-hybridized carbons (Fsp3) is 0.270. The van der Waals surface area contributed by atoms with E-state index in [1.54, 1.807) is 21.3 Å². The molecule has 0 aromatic heterocycles. The summed E-state index contributed by atoms with van der Waals surface area (Å²) in [5, 5.41) is 2.95. The number of benzene rings is 4. The van der Waals surface area contributed by atoms with Crippen LogP contribution in [0.4, 0.5) is 0 Å². The molecule has 1 N–H and O–H groups in total. The summed E-state index contributed by atoms with van der Waals surface area (Å²) in [5.74, 6) is 8.69. The number of methoxy groups -OCH3 is 3. The maximum absolute atomic E-state index is 12.3. The van der Waals surface area contributed by atoms with Gasteiger partial charge in [0.1, 0.15) is 17.2 Å². The fourth-order valence-corrected chi connectivity index (χ4v) is 4.68. The molecule has 42 heavy (non-hydrogen) atoms. The van der Waals surface area contributed by atoms with E-state index in [-0.39, 0.29) is 5.91 Å². The fourth-order valence-electron chi connectivity index (χ4n) is 4.68. The summed E-state index contributed by atoms with van der Waals surface area (Å²) in [5.41, 5.74) is 4.64. The van der Waals surface area contributed by atoms with Gasteiger partial charge >= 0.3 is 0 Å². The van der Waals surface area contributed by atoms with Crippen molar-refractivity contribution in [3.05, 3.63) is 125 Å². The Morgan fingerprint density at radius 1 is 0.738 bits per heavy atom. The van der Waals surface area contributed by atoms with E-state index in [4.69, 9.17) is 14.2 Å². The molecule has 0 radical (unpaired) electrons. The van der Waals surface area contributed by atoms with Gasteiger partial charge in [-0.05, 0) is 65.6 Å². The van der Waals surface area contributed by atoms with Crippen molar-refractivity contribution in [3.8, 4) is 29.1 Å². The van der Waals surface area contributed by atoms with Crippen molar-refractivity contribution in [2.45, 2.75) is 45.6 Å². The molecular formula is C37H41NO4. The summed E-state index contributed by atoms with van der Waals surface area (Å²) in [6, 6.07) is 32.2. The van der Waals surface area contributed by atoms with Crippen molar-refractivity contribution in [1.29, 1.82) is 0 Å². The van der Waals surface area contributed by atoms with Crippen LogP contribution in [0.5, 0.6) is 17.2 Å². The molecule has 4 aromatic carbocycles. The zero-order valence-corrected chi connectivity index (χ0v) is 25.5. The third kappa shape index (κ3) is 7.95. The first-order valence-corrected chi connectivity index (χ1v) is 14.2. The first kappa shape index (κ1) is 31.8. The lowest BCUT2D eigenvalue weighted by atomic mass is 9.70. The number of rotatable bonds is 10. The van der Waals surface area contributed by atoms with E-state index in [1.807, 2.05) is 74.5 Å². The summed E-state index contributed by atoms with van der Waals surface area (Å²) in [6.45, 7) is 6.71. The molecule has 5 heteroatoms. The predicted molar refractivity (Wildman–Crippen MR) is 170 cm³/mol. The SMILES string of the molecule is CC.COc1ccc(C(C)(c2ccc(OC)cc2)c2ccc(OC)c(C#CCCC(=O)NCc3ccccc3)c2)cc1. The Bertz CT molecular complexity index is 1420. The molecule has 0 saturated heterocycles. The lowest BCUT2D eigenvalue weighted by molar-refractivity contribution is -0.121. The molecule has 5 nitrogen and oxygen atoms in total. The van der Waals surface area contributed by atoms with E-state index in [0.29, 0.717) is 25.1 Å². The summed E-state index contributed by atoms with van der Waals surface area (Å²) >= 11 is 0. The Balaban J connectivity index is 0.00000237. The average Bonchev–Trinajstić information content (AvgIpc) is 3.06. The Kier molecular flexibility index (Phi) is 12.1. The molecule has 0 aliphatic rings. The van der Waals surface area contributed by atoms with Crippen LogP contribution in [0.3, 0.4) is 0 Å². The largest absolute Gasteiger partial charge is 0.497 e. The number of carbonyl (C=O) groups excluding carboxylic acids is 1. The molecule has 1 amide bonds. The summed E-state index contributed by atoms with van der Waals surface area (Å²) < 4.78 is 16.4. The van der Waals surface area contributed by atoms with Gasteiger partial charge in [-0.25, -0.2) is 0 Å². The van der Waals surface area contributed by atoms with Crippen molar-refractivity contribution >= 4 is 5.91 Å². The summed E-state index contributed by atoms with van der Waals surface area (Å²) in [4.78, 5) is 12.3. The topological polar surface area (TPSA) is 56.8 Å². The van der Waals surface area contributed by atoms with Gasteiger partial charge in [0.25, 0.3) is 0 Å². The maximum Gasteiger partial charge on any atom is 0.221 e. The number of nitrogens with one attached hydrogen (secondary N) is 1. The van der Waals surface area contributed by atoms with Crippen LogP contribution in [0.2, 0.25) is 0 Å². The zero-order valence-electron chi connectivity index (χ0n) is 25.5. The van der Waals surface area contributed by atoms with Crippen molar-refractivity contribution in [2.24, 2.45) is 0 Å². The van der Waals surface area contributed by atoms with Gasteiger partial charge in [0.2, 0.25) is 5.91 Å². The zero-order chi connectivity index (χ0) is 30.4. The first-order valence-electron chi connectivity index (χ1n) is 14.2. The highest BCUT2D eigenvalue weighted by Crippen LogP contribution is 2.41. The van der Waals surface area contributed by atoms with Crippen LogP contribution in [-0.2, 0) is 16.8 Å². The molecule has 4 rings (SSSR count). The number of amides is 1. The maximum atomic E-state index is 12.3. The van der Waals surface area contributed by atoms with Crippen LogP contribution >= 0.6 is 0 Å². The first-order chi connectivity index (χ1) is 20.5. The molecule has 0 fully saturated rings. The summed E-state index contributed by atoms with van der Waals surface area (Å²) in [6.07, 6.45) is 0.777. The quantitative estimate of drug-likeness (QED) is 0.160. The second-order valence-corrected chi connectivity index (χ2v) is 9.56. The van der Waals surface area contributed by atoms with Gasteiger partial charge in [-0.3, -0.25) is 4.79 Å². The minimum absolute atomic E-state index is 0.0227. The van der Waals surface area contributed by atoms with Crippen LogP contribution < -0.4 is 19.5 Å². The van der Waals surface area contributed by atoms with Crippen LogP contribution in [0, 0.1) is 11.8 Å². The number of hydrogen-bond acceptors (Lipinski definition) is 4. The number of hydrogen-bond donors (Lipinski definition) is 1. The standard InChI is InChI=1S/C35H35NO4.C2H6/c1-35(28-14-19-31(38-2)20-15-28,29-16-21-32(39-3)22-17-29)30-18-23-33(40-4)27(24-30)12-8-9-13-34(37)36-25-26-10-6-5-7-11-26;1-2/h5-7,10-11,14-24H,9,13,25H2,1-4H3,(H,36,37);1-2H3. The van der Waals surface area contributed by atoms with E-state index in [2.05, 4.69) is 60.5 Å². The molecule has 0 spiro atoms. The highest BCUT2D eigenvalue weighted by molar-refractivity contribution is 5.76. The Labute approximate surface area is 250 Å². The minimum Gasteiger partial charge on any atom is -0.497 e. The van der Waals surface area contributed by atoms with Gasteiger partial charge in [-0.15, -0.1) is 0 Å². The van der Waals surface area contributed by atoms with Crippen LogP contribution in [0.1, 0.15) is 61.4 Å². The van der Waals surface area contributed by atoms with E-state index >= 15 is 0 Å². The Morgan fingerprint density at radius 3 is 1.81 bits per heavy atom. The minimum atomic E-state index is -0.488. The average molecular weight is 564 g/mol. The molecule has 0 atom stereocenters. The monoisotopic (exact) mass is 563 g/mol.